The lowest BCUT2D eigenvalue weighted by Gasteiger charge is -2.07. The van der Waals surface area contributed by atoms with E-state index in [1.165, 1.54) is 0 Å². The zero-order chi connectivity index (χ0) is 18.6. The minimum absolute atomic E-state index is 0.0135. The lowest BCUT2D eigenvalue weighted by Crippen LogP contribution is -2.11. The van der Waals surface area contributed by atoms with E-state index >= 15 is 0 Å². The van der Waals surface area contributed by atoms with E-state index in [1.807, 2.05) is 6.07 Å². The number of anilines is 1. The van der Waals surface area contributed by atoms with Gasteiger partial charge in [0.2, 0.25) is 0 Å². The van der Waals surface area contributed by atoms with Gasteiger partial charge in [-0.3, -0.25) is 0 Å². The van der Waals surface area contributed by atoms with Crippen molar-refractivity contribution < 1.29 is 27.8 Å². The summed E-state index contributed by atoms with van der Waals surface area (Å²) in [5.41, 5.74) is 5.29. The highest BCUT2D eigenvalue weighted by atomic mass is 32.1. The molecule has 0 unspecified atom stereocenters. The monoisotopic (exact) mass is 366 g/mol. The molecule has 0 bridgehead atoms. The van der Waals surface area contributed by atoms with Gasteiger partial charge in [-0.1, -0.05) is 0 Å². The number of nitrogens with two attached hydrogens (primary N) is 1. The van der Waals surface area contributed by atoms with Crippen molar-refractivity contribution in [2.75, 3.05) is 12.3 Å². The Balaban J connectivity index is 2.26. The maximum absolute atomic E-state index is 13.6. The zero-order valence-electron chi connectivity index (χ0n) is 13.0. The van der Waals surface area contributed by atoms with Crippen molar-refractivity contribution in [3.63, 3.8) is 0 Å². The van der Waals surface area contributed by atoms with Gasteiger partial charge in [0.25, 0.3) is 0 Å². The smallest absolute Gasteiger partial charge is 0.348 e. The number of hydrogen-bond donors (Lipinski definition) is 1. The Bertz CT molecular complexity index is 874. The van der Waals surface area contributed by atoms with Gasteiger partial charge in [-0.15, -0.1) is 11.3 Å². The molecule has 1 aromatic carbocycles. The summed E-state index contributed by atoms with van der Waals surface area (Å²) in [6, 6.07) is 4.22. The third-order valence-electron chi connectivity index (χ3n) is 3.11. The van der Waals surface area contributed by atoms with E-state index in [2.05, 4.69) is 0 Å². The number of rotatable bonds is 5. The molecule has 0 aliphatic carbocycles. The number of benzene rings is 1. The van der Waals surface area contributed by atoms with Gasteiger partial charge in [-0.25, -0.2) is 18.4 Å². The second-order valence-electron chi connectivity index (χ2n) is 4.68. The molecule has 0 spiro atoms. The molecule has 1 aromatic heterocycles. The topological polar surface area (TPSA) is 102 Å². The first-order valence-electron chi connectivity index (χ1n) is 6.99. The van der Waals surface area contributed by atoms with Crippen molar-refractivity contribution in [1.29, 1.82) is 5.26 Å². The Labute approximate surface area is 145 Å². The third-order valence-corrected chi connectivity index (χ3v) is 4.15. The van der Waals surface area contributed by atoms with Crippen molar-refractivity contribution >= 4 is 28.3 Å². The number of esters is 2. The fourth-order valence-corrected chi connectivity index (χ4v) is 2.89. The van der Waals surface area contributed by atoms with Crippen LogP contribution in [0.5, 0.6) is 0 Å². The third kappa shape index (κ3) is 3.92. The van der Waals surface area contributed by atoms with Gasteiger partial charge in [-0.05, 0) is 19.1 Å². The Morgan fingerprint density at radius 3 is 2.60 bits per heavy atom. The van der Waals surface area contributed by atoms with Crippen LogP contribution < -0.4 is 5.73 Å². The van der Waals surface area contributed by atoms with Gasteiger partial charge in [0, 0.05) is 11.6 Å². The summed E-state index contributed by atoms with van der Waals surface area (Å²) >= 11 is 0.832. The molecular formula is C16H12F2N2O4S. The van der Waals surface area contributed by atoms with Crippen molar-refractivity contribution in [2.45, 2.75) is 13.5 Å². The van der Waals surface area contributed by atoms with Crippen molar-refractivity contribution in [2.24, 2.45) is 0 Å². The highest BCUT2D eigenvalue weighted by Crippen LogP contribution is 2.32. The van der Waals surface area contributed by atoms with Crippen LogP contribution in [0.3, 0.4) is 0 Å². The number of halogens is 2. The van der Waals surface area contributed by atoms with Crippen LogP contribution in [0.4, 0.5) is 13.8 Å². The molecule has 0 saturated carbocycles. The first-order chi connectivity index (χ1) is 11.9. The molecule has 2 aromatic rings. The second kappa shape index (κ2) is 7.72. The molecule has 25 heavy (non-hydrogen) atoms. The minimum Gasteiger partial charge on any atom is -0.462 e. The van der Waals surface area contributed by atoms with Gasteiger partial charge in [-0.2, -0.15) is 5.26 Å². The summed E-state index contributed by atoms with van der Waals surface area (Å²) in [4.78, 5) is 23.9. The van der Waals surface area contributed by atoms with E-state index in [9.17, 15) is 18.4 Å². The van der Waals surface area contributed by atoms with Crippen molar-refractivity contribution in [3.8, 4) is 6.07 Å². The van der Waals surface area contributed by atoms with Crippen LogP contribution in [0, 0.1) is 23.0 Å². The van der Waals surface area contributed by atoms with Gasteiger partial charge >= 0.3 is 11.9 Å². The Kier molecular flexibility index (Phi) is 5.67. The molecule has 0 aliphatic rings. The van der Waals surface area contributed by atoms with Crippen LogP contribution in [0.2, 0.25) is 0 Å². The highest BCUT2D eigenvalue weighted by molar-refractivity contribution is 7.18. The molecule has 2 rings (SSSR count). The van der Waals surface area contributed by atoms with Crippen LogP contribution in [-0.4, -0.2) is 18.5 Å². The van der Waals surface area contributed by atoms with E-state index in [0.29, 0.717) is 6.07 Å². The predicted octanol–water partition coefficient (Wildman–Crippen LogP) is 3.01. The fraction of sp³-hybridized carbons (Fsp3) is 0.188. The predicted molar refractivity (Wildman–Crippen MR) is 84.9 cm³/mol. The average molecular weight is 366 g/mol. The summed E-state index contributed by atoms with van der Waals surface area (Å²) in [6.45, 7) is 1.23. The molecular weight excluding hydrogens is 354 g/mol. The number of hydrogen-bond acceptors (Lipinski definition) is 7. The maximum atomic E-state index is 13.6. The van der Waals surface area contributed by atoms with Crippen LogP contribution in [0.25, 0.3) is 0 Å². The largest absolute Gasteiger partial charge is 0.462 e. The first-order valence-corrected chi connectivity index (χ1v) is 7.81. The van der Waals surface area contributed by atoms with E-state index in [0.717, 1.165) is 23.5 Å². The molecule has 130 valence electrons. The number of thiophene rings is 1. The summed E-state index contributed by atoms with van der Waals surface area (Å²) in [5, 5.41) is 9.24. The first kappa shape index (κ1) is 18.4. The molecule has 1 heterocycles. The van der Waals surface area contributed by atoms with E-state index < -0.39 is 35.7 Å². The van der Waals surface area contributed by atoms with Gasteiger partial charge in [0.05, 0.1) is 17.7 Å². The molecule has 0 saturated heterocycles. The summed E-state index contributed by atoms with van der Waals surface area (Å²) < 4.78 is 36.3. The number of nitrogen functional groups attached to an aromatic ring is 1. The van der Waals surface area contributed by atoms with E-state index in [1.54, 1.807) is 6.92 Å². The number of carbonyl (C=O) groups is 2. The number of nitriles is 1. The van der Waals surface area contributed by atoms with Gasteiger partial charge in [0.1, 0.15) is 34.2 Å². The lowest BCUT2D eigenvalue weighted by molar-refractivity contribution is 0.0448. The number of ether oxygens (including phenoxy) is 2. The Morgan fingerprint density at radius 1 is 1.28 bits per heavy atom. The van der Waals surface area contributed by atoms with Crippen molar-refractivity contribution in [3.05, 3.63) is 51.4 Å². The molecule has 6 nitrogen and oxygen atoms in total. The lowest BCUT2D eigenvalue weighted by atomic mass is 10.1. The molecule has 0 radical (unpaired) electrons. The SMILES string of the molecule is CCOC(=O)c1sc(N)c(C#N)c1COC(=O)c1ccc(F)cc1F. The minimum atomic E-state index is -1.08. The zero-order valence-corrected chi connectivity index (χ0v) is 13.8. The van der Waals surface area contributed by atoms with Crippen LogP contribution >= 0.6 is 11.3 Å². The molecule has 9 heteroatoms. The average Bonchev–Trinajstić information content (AvgIpc) is 2.88. The van der Waals surface area contributed by atoms with Gasteiger partial charge < -0.3 is 15.2 Å². The molecule has 0 aliphatic heterocycles. The Hall–Kier alpha value is -2.99. The quantitative estimate of drug-likeness (QED) is 0.816. The summed E-state index contributed by atoms with van der Waals surface area (Å²) in [5.74, 6) is -3.70. The fourth-order valence-electron chi connectivity index (χ4n) is 1.98. The normalized spacial score (nSPS) is 10.2. The van der Waals surface area contributed by atoms with Gasteiger partial charge in [0.15, 0.2) is 0 Å². The molecule has 2 N–H and O–H groups in total. The Morgan fingerprint density at radius 2 is 2.00 bits per heavy atom. The summed E-state index contributed by atoms with van der Waals surface area (Å²) in [7, 11) is 0. The van der Waals surface area contributed by atoms with Crippen molar-refractivity contribution in [1.82, 2.24) is 0 Å². The number of nitrogens with zero attached hydrogens (tertiary/aromatic N) is 1. The standard InChI is InChI=1S/C16H12F2N2O4S/c1-2-23-16(22)13-11(10(6-19)14(20)25-13)7-24-15(21)9-4-3-8(17)5-12(9)18/h3-5H,2,7,20H2,1H3. The van der Waals surface area contributed by atoms with Crippen LogP contribution in [-0.2, 0) is 16.1 Å². The van der Waals surface area contributed by atoms with Crippen LogP contribution in [0.15, 0.2) is 18.2 Å². The van der Waals surface area contributed by atoms with Crippen LogP contribution in [0.1, 0.15) is 38.1 Å². The number of carbonyl (C=O) groups excluding carboxylic acids is 2. The highest BCUT2D eigenvalue weighted by Gasteiger charge is 2.24. The maximum Gasteiger partial charge on any atom is 0.348 e. The molecule has 0 amide bonds. The van der Waals surface area contributed by atoms with E-state index in [4.69, 9.17) is 20.5 Å². The van der Waals surface area contributed by atoms with E-state index in [-0.39, 0.29) is 27.6 Å². The molecule has 0 atom stereocenters. The second-order valence-corrected chi connectivity index (χ2v) is 5.73. The molecule has 0 fully saturated rings. The summed E-state index contributed by atoms with van der Waals surface area (Å²) in [6.07, 6.45) is 0.